The van der Waals surface area contributed by atoms with Crippen LogP contribution in [0.3, 0.4) is 0 Å². The largest absolute Gasteiger partial charge is 0.381 e. The van der Waals surface area contributed by atoms with Crippen LogP contribution in [-0.2, 0) is 4.74 Å². The van der Waals surface area contributed by atoms with Gasteiger partial charge in [0.05, 0.1) is 12.6 Å². The van der Waals surface area contributed by atoms with Crippen molar-refractivity contribution in [2.75, 3.05) is 13.2 Å². The zero-order chi connectivity index (χ0) is 11.4. The molecule has 2 aliphatic rings. The highest BCUT2D eigenvalue weighted by atomic mass is 16.5. The molecule has 2 fully saturated rings. The van der Waals surface area contributed by atoms with Crippen LogP contribution in [0.4, 0.5) is 0 Å². The number of ether oxygens (including phenoxy) is 1. The number of nitrogens with one attached hydrogen (secondary N) is 1. The van der Waals surface area contributed by atoms with Crippen molar-refractivity contribution in [1.29, 1.82) is 0 Å². The van der Waals surface area contributed by atoms with Crippen molar-refractivity contribution < 1.29 is 4.74 Å². The van der Waals surface area contributed by atoms with Crippen LogP contribution in [0.5, 0.6) is 0 Å². The molecule has 2 rings (SSSR count). The smallest absolute Gasteiger partial charge is 0.189 e. The molecule has 2 atom stereocenters. The molecule has 2 unspecified atom stereocenters. The molecule has 0 aromatic rings. The lowest BCUT2D eigenvalue weighted by molar-refractivity contribution is 0.180. The number of nitrogens with zero attached hydrogens (tertiary/aromatic N) is 1. The zero-order valence-electron chi connectivity index (χ0n) is 10.1. The third-order valence-corrected chi connectivity index (χ3v) is 3.69. The average molecular weight is 225 g/mol. The molecule has 4 nitrogen and oxygen atoms in total. The second kappa shape index (κ2) is 5.53. The average Bonchev–Trinajstić information content (AvgIpc) is 2.88. The Morgan fingerprint density at radius 2 is 2.12 bits per heavy atom. The number of nitrogens with two attached hydrogens (primary N) is 1. The second-order valence-electron chi connectivity index (χ2n) is 5.01. The molecule has 1 saturated heterocycles. The van der Waals surface area contributed by atoms with Crippen molar-refractivity contribution in [2.45, 2.75) is 51.1 Å². The Morgan fingerprint density at radius 3 is 2.75 bits per heavy atom. The molecule has 0 radical (unpaired) electrons. The number of guanidine groups is 1. The highest BCUT2D eigenvalue weighted by Gasteiger charge is 2.23. The van der Waals surface area contributed by atoms with Gasteiger partial charge in [0.25, 0.3) is 0 Å². The molecule has 1 heterocycles. The molecule has 1 saturated carbocycles. The van der Waals surface area contributed by atoms with Crippen molar-refractivity contribution in [2.24, 2.45) is 16.6 Å². The van der Waals surface area contributed by atoms with Crippen LogP contribution in [0.25, 0.3) is 0 Å². The summed E-state index contributed by atoms with van der Waals surface area (Å²) < 4.78 is 5.37. The van der Waals surface area contributed by atoms with Gasteiger partial charge in [0.1, 0.15) is 0 Å². The standard InChI is InChI=1S/C12H23N3O/c1-9(10-6-7-16-8-10)14-12(13)15-11-4-2-3-5-11/h9-11H,2-8H2,1H3,(H3,13,14,15). The molecule has 0 aromatic carbocycles. The first kappa shape index (κ1) is 11.7. The number of rotatable bonds is 3. The van der Waals surface area contributed by atoms with E-state index >= 15 is 0 Å². The molecular weight excluding hydrogens is 202 g/mol. The summed E-state index contributed by atoms with van der Waals surface area (Å²) in [6, 6.07) is 0.826. The first-order chi connectivity index (χ1) is 7.75. The summed E-state index contributed by atoms with van der Waals surface area (Å²) in [6.07, 6.45) is 6.12. The van der Waals surface area contributed by atoms with E-state index in [-0.39, 0.29) is 0 Å². The summed E-state index contributed by atoms with van der Waals surface area (Å²) in [7, 11) is 0. The first-order valence-corrected chi connectivity index (χ1v) is 6.43. The van der Waals surface area contributed by atoms with Gasteiger partial charge in [0, 0.05) is 18.6 Å². The predicted molar refractivity (Wildman–Crippen MR) is 65.4 cm³/mol. The van der Waals surface area contributed by atoms with Crippen molar-refractivity contribution >= 4 is 5.96 Å². The van der Waals surface area contributed by atoms with E-state index in [0.29, 0.717) is 24.0 Å². The Hall–Kier alpha value is -0.770. The predicted octanol–water partition coefficient (Wildman–Crippen LogP) is 1.26. The molecule has 1 aliphatic carbocycles. The summed E-state index contributed by atoms with van der Waals surface area (Å²) in [6.45, 7) is 3.90. The normalized spacial score (nSPS) is 29.6. The van der Waals surface area contributed by atoms with Crippen LogP contribution < -0.4 is 11.1 Å². The van der Waals surface area contributed by atoms with Crippen LogP contribution in [0, 0.1) is 5.92 Å². The first-order valence-electron chi connectivity index (χ1n) is 6.43. The molecule has 1 aliphatic heterocycles. The van der Waals surface area contributed by atoms with E-state index in [0.717, 1.165) is 19.6 Å². The summed E-state index contributed by atoms with van der Waals surface area (Å²) in [4.78, 5) is 4.53. The van der Waals surface area contributed by atoms with Crippen LogP contribution in [0.15, 0.2) is 4.99 Å². The van der Waals surface area contributed by atoms with E-state index < -0.39 is 0 Å². The lowest BCUT2D eigenvalue weighted by Gasteiger charge is -2.20. The lowest BCUT2D eigenvalue weighted by Crippen LogP contribution is -2.43. The highest BCUT2D eigenvalue weighted by Crippen LogP contribution is 2.21. The maximum absolute atomic E-state index is 5.92. The Bertz CT molecular complexity index is 243. The number of hydrogen-bond donors (Lipinski definition) is 2. The van der Waals surface area contributed by atoms with Gasteiger partial charge >= 0.3 is 0 Å². The van der Waals surface area contributed by atoms with E-state index in [1.165, 1.54) is 25.7 Å². The Balaban J connectivity index is 1.78. The molecule has 0 aromatic heterocycles. The molecule has 0 spiro atoms. The molecule has 3 N–H and O–H groups in total. The van der Waals surface area contributed by atoms with Gasteiger partial charge in [-0.25, -0.2) is 0 Å². The molecule has 16 heavy (non-hydrogen) atoms. The fourth-order valence-electron chi connectivity index (χ4n) is 2.57. The maximum atomic E-state index is 5.92. The van der Waals surface area contributed by atoms with Gasteiger partial charge in [-0.15, -0.1) is 0 Å². The number of aliphatic imine (C=N–C) groups is 1. The van der Waals surface area contributed by atoms with Crippen molar-refractivity contribution in [1.82, 2.24) is 5.32 Å². The van der Waals surface area contributed by atoms with Crippen molar-refractivity contribution in [3.63, 3.8) is 0 Å². The quantitative estimate of drug-likeness (QED) is 0.561. The zero-order valence-corrected chi connectivity index (χ0v) is 10.1. The summed E-state index contributed by atoms with van der Waals surface area (Å²) >= 11 is 0. The van der Waals surface area contributed by atoms with E-state index in [2.05, 4.69) is 17.2 Å². The lowest BCUT2D eigenvalue weighted by atomic mass is 10.0. The van der Waals surface area contributed by atoms with Gasteiger partial charge < -0.3 is 15.8 Å². The molecule has 4 heteroatoms. The third kappa shape index (κ3) is 3.11. The minimum Gasteiger partial charge on any atom is -0.381 e. The minimum absolute atomic E-state index is 0.368. The van der Waals surface area contributed by atoms with Gasteiger partial charge in [-0.05, 0) is 26.2 Å². The number of hydrogen-bond acceptors (Lipinski definition) is 2. The van der Waals surface area contributed by atoms with Crippen LogP contribution in [-0.4, -0.2) is 31.3 Å². The monoisotopic (exact) mass is 225 g/mol. The minimum atomic E-state index is 0.368. The maximum Gasteiger partial charge on any atom is 0.189 e. The molecule has 0 amide bonds. The fraction of sp³-hybridized carbons (Fsp3) is 0.917. The highest BCUT2D eigenvalue weighted by molar-refractivity contribution is 5.78. The Kier molecular flexibility index (Phi) is 4.04. The van der Waals surface area contributed by atoms with Gasteiger partial charge in [-0.3, -0.25) is 4.99 Å². The van der Waals surface area contributed by atoms with E-state index in [4.69, 9.17) is 10.5 Å². The van der Waals surface area contributed by atoms with Crippen LogP contribution >= 0.6 is 0 Å². The Morgan fingerprint density at radius 1 is 1.38 bits per heavy atom. The molecular formula is C12H23N3O. The SMILES string of the molecule is CC(NC(N)=NC1CCCC1)C1CCOC1. The summed E-state index contributed by atoms with van der Waals surface area (Å²) in [5.41, 5.74) is 5.92. The topological polar surface area (TPSA) is 59.6 Å². The van der Waals surface area contributed by atoms with E-state index in [1.807, 2.05) is 0 Å². The van der Waals surface area contributed by atoms with Gasteiger partial charge in [-0.1, -0.05) is 12.8 Å². The van der Waals surface area contributed by atoms with E-state index in [1.54, 1.807) is 0 Å². The fourth-order valence-corrected chi connectivity index (χ4v) is 2.57. The third-order valence-electron chi connectivity index (χ3n) is 3.69. The van der Waals surface area contributed by atoms with E-state index in [9.17, 15) is 0 Å². The summed E-state index contributed by atoms with van der Waals surface area (Å²) in [5, 5.41) is 3.30. The van der Waals surface area contributed by atoms with Crippen LogP contribution in [0.2, 0.25) is 0 Å². The van der Waals surface area contributed by atoms with Crippen LogP contribution in [0.1, 0.15) is 39.0 Å². The van der Waals surface area contributed by atoms with Gasteiger partial charge in [0.15, 0.2) is 5.96 Å². The second-order valence-corrected chi connectivity index (χ2v) is 5.01. The Labute approximate surface area is 97.6 Å². The van der Waals surface area contributed by atoms with Gasteiger partial charge in [0.2, 0.25) is 0 Å². The van der Waals surface area contributed by atoms with Crippen molar-refractivity contribution in [3.8, 4) is 0 Å². The molecule has 0 bridgehead atoms. The summed E-state index contributed by atoms with van der Waals surface area (Å²) in [5.74, 6) is 1.20. The van der Waals surface area contributed by atoms with Gasteiger partial charge in [-0.2, -0.15) is 0 Å². The van der Waals surface area contributed by atoms with Crippen molar-refractivity contribution in [3.05, 3.63) is 0 Å². The molecule has 92 valence electrons.